The van der Waals surface area contributed by atoms with Gasteiger partial charge in [-0.25, -0.2) is 0 Å². The molecule has 3 fully saturated rings. The lowest BCUT2D eigenvalue weighted by molar-refractivity contribution is 0.0402. The Labute approximate surface area is 163 Å². The summed E-state index contributed by atoms with van der Waals surface area (Å²) < 4.78 is 6.23. The Kier molecular flexibility index (Phi) is 5.56. The minimum absolute atomic E-state index is 0.183. The summed E-state index contributed by atoms with van der Waals surface area (Å²) in [5.74, 6) is 1.01. The van der Waals surface area contributed by atoms with Crippen LogP contribution in [-0.4, -0.2) is 61.1 Å². The van der Waals surface area contributed by atoms with E-state index in [0.29, 0.717) is 11.5 Å². The van der Waals surface area contributed by atoms with Gasteiger partial charge in [0.15, 0.2) is 0 Å². The summed E-state index contributed by atoms with van der Waals surface area (Å²) in [4.78, 5) is 17.4. The molecule has 2 atom stereocenters. The Balaban J connectivity index is 1.28. The predicted molar refractivity (Wildman–Crippen MR) is 108 cm³/mol. The summed E-state index contributed by atoms with van der Waals surface area (Å²) in [5, 5.41) is 0. The molecule has 0 aliphatic carbocycles. The van der Waals surface area contributed by atoms with E-state index in [1.807, 2.05) is 29.2 Å². The van der Waals surface area contributed by atoms with Gasteiger partial charge in [0.05, 0.1) is 12.7 Å². The highest BCUT2D eigenvalue weighted by Crippen LogP contribution is 2.42. The van der Waals surface area contributed by atoms with Crippen LogP contribution in [0.1, 0.15) is 54.9 Å². The maximum atomic E-state index is 12.8. The van der Waals surface area contributed by atoms with Crippen LogP contribution in [0, 0.1) is 18.3 Å². The summed E-state index contributed by atoms with van der Waals surface area (Å²) in [7, 11) is 0. The van der Waals surface area contributed by atoms with Crippen LogP contribution in [0.4, 0.5) is 0 Å². The largest absolute Gasteiger partial charge is 0.376 e. The molecule has 4 heteroatoms. The van der Waals surface area contributed by atoms with Crippen molar-refractivity contribution in [2.45, 2.75) is 52.1 Å². The number of benzene rings is 1. The standard InChI is InChI=1S/C23H34N2O2/c1-18-5-7-20(8-6-18)22(26)25-12-9-23(10-13-25)14-21(27-17-23)16-24-11-3-4-19(2)15-24/h5-8,19,21H,3-4,9-17H2,1-2H3/t19-,21+/m0/s1. The highest BCUT2D eigenvalue weighted by molar-refractivity contribution is 5.94. The van der Waals surface area contributed by atoms with Gasteiger partial charge >= 0.3 is 0 Å². The molecule has 1 spiro atoms. The fraction of sp³-hybridized carbons (Fsp3) is 0.696. The zero-order chi connectivity index (χ0) is 18.9. The Hall–Kier alpha value is -1.39. The van der Waals surface area contributed by atoms with Crippen LogP contribution in [0.2, 0.25) is 0 Å². The lowest BCUT2D eigenvalue weighted by Gasteiger charge is -2.38. The molecule has 0 radical (unpaired) electrons. The summed E-state index contributed by atoms with van der Waals surface area (Å²) in [5.41, 5.74) is 2.31. The van der Waals surface area contributed by atoms with Gasteiger partial charge in [-0.15, -0.1) is 0 Å². The fourth-order valence-corrected chi connectivity index (χ4v) is 5.16. The van der Waals surface area contributed by atoms with E-state index in [9.17, 15) is 4.79 Å². The Morgan fingerprint density at radius 2 is 1.93 bits per heavy atom. The first kappa shape index (κ1) is 18.9. The van der Waals surface area contributed by atoms with E-state index in [-0.39, 0.29) is 5.91 Å². The number of nitrogens with zero attached hydrogens (tertiary/aromatic N) is 2. The average molecular weight is 371 g/mol. The second-order valence-electron chi connectivity index (χ2n) is 9.30. The molecule has 0 N–H and O–H groups in total. The van der Waals surface area contributed by atoms with E-state index < -0.39 is 0 Å². The third-order valence-corrected chi connectivity index (χ3v) is 6.90. The molecule has 3 aliphatic rings. The molecule has 1 aromatic rings. The lowest BCUT2D eigenvalue weighted by Crippen LogP contribution is -2.44. The number of hydrogen-bond donors (Lipinski definition) is 0. The minimum atomic E-state index is 0.183. The van der Waals surface area contributed by atoms with Crippen molar-refractivity contribution in [1.29, 1.82) is 0 Å². The molecule has 1 amide bonds. The van der Waals surface area contributed by atoms with Crippen LogP contribution in [0.3, 0.4) is 0 Å². The zero-order valence-electron chi connectivity index (χ0n) is 17.0. The Morgan fingerprint density at radius 3 is 2.63 bits per heavy atom. The molecular formula is C23H34N2O2. The molecule has 27 heavy (non-hydrogen) atoms. The maximum Gasteiger partial charge on any atom is 0.253 e. The molecule has 3 heterocycles. The molecule has 0 saturated carbocycles. The monoisotopic (exact) mass is 370 g/mol. The van der Waals surface area contributed by atoms with E-state index >= 15 is 0 Å². The molecule has 1 aromatic carbocycles. The zero-order valence-corrected chi connectivity index (χ0v) is 17.0. The van der Waals surface area contributed by atoms with Crippen molar-refractivity contribution in [2.75, 3.05) is 39.3 Å². The van der Waals surface area contributed by atoms with E-state index in [1.54, 1.807) is 0 Å². The Morgan fingerprint density at radius 1 is 1.19 bits per heavy atom. The molecule has 4 rings (SSSR count). The normalized spacial score (nSPS) is 28.6. The van der Waals surface area contributed by atoms with Gasteiger partial charge in [0.1, 0.15) is 0 Å². The molecule has 3 saturated heterocycles. The smallest absolute Gasteiger partial charge is 0.253 e. The van der Waals surface area contributed by atoms with Crippen molar-refractivity contribution in [1.82, 2.24) is 9.80 Å². The number of hydrogen-bond acceptors (Lipinski definition) is 3. The van der Waals surface area contributed by atoms with Crippen molar-refractivity contribution in [3.05, 3.63) is 35.4 Å². The first-order valence-corrected chi connectivity index (χ1v) is 10.7. The van der Waals surface area contributed by atoms with Crippen molar-refractivity contribution in [3.8, 4) is 0 Å². The number of piperidine rings is 2. The van der Waals surface area contributed by atoms with Crippen LogP contribution >= 0.6 is 0 Å². The summed E-state index contributed by atoms with van der Waals surface area (Å²) in [6.07, 6.45) is 6.42. The maximum absolute atomic E-state index is 12.8. The molecule has 4 nitrogen and oxygen atoms in total. The van der Waals surface area contributed by atoms with Gasteiger partial charge in [-0.05, 0) is 69.0 Å². The van der Waals surface area contributed by atoms with Crippen molar-refractivity contribution >= 4 is 5.91 Å². The van der Waals surface area contributed by atoms with E-state index in [2.05, 4.69) is 18.7 Å². The van der Waals surface area contributed by atoms with Gasteiger partial charge in [-0.1, -0.05) is 24.6 Å². The summed E-state index contributed by atoms with van der Waals surface area (Å²) >= 11 is 0. The number of rotatable bonds is 3. The summed E-state index contributed by atoms with van der Waals surface area (Å²) in [6, 6.07) is 7.96. The lowest BCUT2D eigenvalue weighted by atomic mass is 9.76. The molecule has 0 bridgehead atoms. The van der Waals surface area contributed by atoms with Crippen molar-refractivity contribution in [3.63, 3.8) is 0 Å². The number of carbonyl (C=O) groups excluding carboxylic acids is 1. The fourth-order valence-electron chi connectivity index (χ4n) is 5.16. The third kappa shape index (κ3) is 4.38. The first-order chi connectivity index (χ1) is 13.0. The van der Waals surface area contributed by atoms with E-state index in [1.165, 1.54) is 37.9 Å². The molecule has 148 valence electrons. The summed E-state index contributed by atoms with van der Waals surface area (Å²) in [6.45, 7) is 10.6. The Bertz CT molecular complexity index is 649. The number of aryl methyl sites for hydroxylation is 1. The van der Waals surface area contributed by atoms with Crippen molar-refractivity contribution in [2.24, 2.45) is 11.3 Å². The minimum Gasteiger partial charge on any atom is -0.376 e. The van der Waals surface area contributed by atoms with Crippen LogP contribution in [0.15, 0.2) is 24.3 Å². The number of carbonyl (C=O) groups is 1. The molecule has 0 unspecified atom stereocenters. The van der Waals surface area contributed by atoms with E-state index in [0.717, 1.165) is 50.6 Å². The van der Waals surface area contributed by atoms with Gasteiger partial charge < -0.3 is 14.5 Å². The number of likely N-dealkylation sites (tertiary alicyclic amines) is 2. The van der Waals surface area contributed by atoms with Crippen LogP contribution < -0.4 is 0 Å². The molecule has 3 aliphatic heterocycles. The second kappa shape index (κ2) is 7.92. The van der Waals surface area contributed by atoms with Gasteiger partial charge in [0.2, 0.25) is 0 Å². The molecule has 0 aromatic heterocycles. The third-order valence-electron chi connectivity index (χ3n) is 6.90. The molecular weight excluding hydrogens is 336 g/mol. The number of ether oxygens (including phenoxy) is 1. The SMILES string of the molecule is Cc1ccc(C(=O)N2CCC3(CC2)CO[C@@H](CN2CCC[C@H](C)C2)C3)cc1. The number of amides is 1. The van der Waals surface area contributed by atoms with Gasteiger partial charge in [-0.3, -0.25) is 4.79 Å². The van der Waals surface area contributed by atoms with Crippen LogP contribution in [-0.2, 0) is 4.74 Å². The van der Waals surface area contributed by atoms with Crippen molar-refractivity contribution < 1.29 is 9.53 Å². The second-order valence-corrected chi connectivity index (χ2v) is 9.30. The van der Waals surface area contributed by atoms with Gasteiger partial charge in [0.25, 0.3) is 5.91 Å². The van der Waals surface area contributed by atoms with Gasteiger partial charge in [0, 0.05) is 31.7 Å². The average Bonchev–Trinajstić information content (AvgIpc) is 3.04. The predicted octanol–water partition coefficient (Wildman–Crippen LogP) is 3.74. The van der Waals surface area contributed by atoms with E-state index in [4.69, 9.17) is 4.74 Å². The van der Waals surface area contributed by atoms with Crippen LogP contribution in [0.5, 0.6) is 0 Å². The highest BCUT2D eigenvalue weighted by Gasteiger charge is 2.43. The highest BCUT2D eigenvalue weighted by atomic mass is 16.5. The quantitative estimate of drug-likeness (QED) is 0.813. The van der Waals surface area contributed by atoms with Gasteiger partial charge in [-0.2, -0.15) is 0 Å². The van der Waals surface area contributed by atoms with Crippen LogP contribution in [0.25, 0.3) is 0 Å². The first-order valence-electron chi connectivity index (χ1n) is 10.7. The topological polar surface area (TPSA) is 32.8 Å².